The van der Waals surface area contributed by atoms with E-state index in [-0.39, 0.29) is 11.1 Å². The maximum absolute atomic E-state index is 15.2. The van der Waals surface area contributed by atoms with E-state index in [1.165, 1.54) is 12.1 Å². The minimum Gasteiger partial charge on any atom is -0.309 e. The second kappa shape index (κ2) is 18.3. The summed E-state index contributed by atoms with van der Waals surface area (Å²) in [6.45, 7) is 0. The van der Waals surface area contributed by atoms with Crippen molar-refractivity contribution in [2.75, 3.05) is 0 Å². The van der Waals surface area contributed by atoms with Crippen molar-refractivity contribution in [2.45, 2.75) is 6.18 Å². The summed E-state index contributed by atoms with van der Waals surface area (Å²) in [4.78, 5) is 0. The Balaban J connectivity index is 1.15. The summed E-state index contributed by atoms with van der Waals surface area (Å²) in [5.74, 6) is 0. The van der Waals surface area contributed by atoms with Crippen molar-refractivity contribution in [3.8, 4) is 97.4 Å². The third-order valence-electron chi connectivity index (χ3n) is 14.1. The molecule has 12 rings (SSSR count). The van der Waals surface area contributed by atoms with Gasteiger partial charge in [0.2, 0.25) is 0 Å². The molecule has 354 valence electrons. The van der Waals surface area contributed by atoms with Gasteiger partial charge in [-0.3, -0.25) is 0 Å². The topological polar surface area (TPSA) is 129 Å². The molecule has 10 aromatic carbocycles. The Morgan fingerprint density at radius 3 is 0.961 bits per heavy atom. The summed E-state index contributed by atoms with van der Waals surface area (Å²) < 4.78 is 49.6. The summed E-state index contributed by atoms with van der Waals surface area (Å²) in [7, 11) is 0. The minimum absolute atomic E-state index is 0.245. The molecular weight excluding hydrogens is 948 g/mol. The Kier molecular flexibility index (Phi) is 11.1. The van der Waals surface area contributed by atoms with Crippen molar-refractivity contribution >= 4 is 43.6 Å². The Morgan fingerprint density at radius 1 is 0.289 bits per heavy atom. The molecule has 2 aromatic heterocycles. The summed E-state index contributed by atoms with van der Waals surface area (Å²) >= 11 is 0. The predicted octanol–water partition coefficient (Wildman–Crippen LogP) is 16.6. The van der Waals surface area contributed by atoms with Crippen LogP contribution >= 0.6 is 0 Å². The molecule has 10 heteroatoms. The van der Waals surface area contributed by atoms with E-state index in [1.54, 1.807) is 42.5 Å². The van der Waals surface area contributed by atoms with Gasteiger partial charge in [-0.25, -0.2) is 0 Å². The molecule has 0 bridgehead atoms. The van der Waals surface area contributed by atoms with Gasteiger partial charge in [0, 0.05) is 32.7 Å². The molecule has 0 radical (unpaired) electrons. The molecule has 12 aromatic rings. The SMILES string of the molecule is N#Cc1cccc(-c2ccc3c(c2)c2cc(-c4cccc(C#N)c4)ccc2n3-c2ccc(C(F)(F)F)cc2-c2ccc(C#N)cc2-n2c3ccc(-c4cccc(C#N)c4)cc3c3cc(-c4cccc(C#N)c4)ccc32)c1. The van der Waals surface area contributed by atoms with Crippen molar-refractivity contribution in [1.29, 1.82) is 26.3 Å². The molecule has 0 atom stereocenters. The third kappa shape index (κ3) is 7.92. The van der Waals surface area contributed by atoms with Crippen LogP contribution < -0.4 is 0 Å². The van der Waals surface area contributed by atoms with Crippen molar-refractivity contribution in [2.24, 2.45) is 0 Å². The van der Waals surface area contributed by atoms with Gasteiger partial charge in [-0.2, -0.15) is 39.5 Å². The van der Waals surface area contributed by atoms with E-state index >= 15 is 13.2 Å². The second-order valence-electron chi connectivity index (χ2n) is 18.4. The highest BCUT2D eigenvalue weighted by molar-refractivity contribution is 6.14. The zero-order chi connectivity index (χ0) is 52.2. The predicted molar refractivity (Wildman–Crippen MR) is 291 cm³/mol. The fourth-order valence-corrected chi connectivity index (χ4v) is 10.5. The summed E-state index contributed by atoms with van der Waals surface area (Å²) in [5.41, 5.74) is 12.4. The molecule has 0 aliphatic rings. The van der Waals surface area contributed by atoms with Gasteiger partial charge < -0.3 is 9.13 Å². The van der Waals surface area contributed by atoms with Crippen LogP contribution in [0.2, 0.25) is 0 Å². The molecule has 76 heavy (non-hydrogen) atoms. The number of alkyl halides is 3. The first-order valence-electron chi connectivity index (χ1n) is 24.0. The Morgan fingerprint density at radius 2 is 0.618 bits per heavy atom. The number of fused-ring (bicyclic) bond motifs is 6. The molecule has 0 unspecified atom stereocenters. The molecule has 0 saturated carbocycles. The van der Waals surface area contributed by atoms with Crippen molar-refractivity contribution < 1.29 is 13.2 Å². The van der Waals surface area contributed by atoms with E-state index in [0.717, 1.165) is 72.1 Å². The van der Waals surface area contributed by atoms with Gasteiger partial charge in [0.1, 0.15) is 0 Å². The lowest BCUT2D eigenvalue weighted by Crippen LogP contribution is -2.08. The molecule has 0 amide bonds. The average molecular weight is 982 g/mol. The fourth-order valence-electron chi connectivity index (χ4n) is 10.5. The average Bonchev–Trinajstić information content (AvgIpc) is 4.15. The van der Waals surface area contributed by atoms with Gasteiger partial charge in [0.25, 0.3) is 0 Å². The number of rotatable bonds is 7. The van der Waals surface area contributed by atoms with E-state index in [9.17, 15) is 26.3 Å². The highest BCUT2D eigenvalue weighted by Crippen LogP contribution is 2.45. The number of aromatic nitrogens is 2. The summed E-state index contributed by atoms with van der Waals surface area (Å²) in [5, 5.41) is 52.9. The first-order valence-corrected chi connectivity index (χ1v) is 24.0. The van der Waals surface area contributed by atoms with Crippen LogP contribution in [-0.4, -0.2) is 9.13 Å². The quantitative estimate of drug-likeness (QED) is 0.157. The van der Waals surface area contributed by atoms with Gasteiger partial charge in [-0.15, -0.1) is 0 Å². The van der Waals surface area contributed by atoms with E-state index < -0.39 is 11.7 Å². The fraction of sp³-hybridized carbons (Fsp3) is 0.0152. The molecule has 0 N–H and O–H groups in total. The van der Waals surface area contributed by atoms with Crippen molar-refractivity contribution in [1.82, 2.24) is 9.13 Å². The van der Waals surface area contributed by atoms with Crippen LogP contribution in [0.3, 0.4) is 0 Å². The number of benzene rings is 10. The van der Waals surface area contributed by atoms with Crippen LogP contribution in [0.15, 0.2) is 206 Å². The molecule has 7 nitrogen and oxygen atoms in total. The zero-order valence-corrected chi connectivity index (χ0v) is 39.9. The monoisotopic (exact) mass is 981 g/mol. The first kappa shape index (κ1) is 46.1. The number of nitriles is 5. The maximum Gasteiger partial charge on any atom is 0.416 e. The number of nitrogens with zero attached hydrogens (tertiary/aromatic N) is 7. The minimum atomic E-state index is -4.73. The lowest BCUT2D eigenvalue weighted by Gasteiger charge is -2.20. The highest BCUT2D eigenvalue weighted by atomic mass is 19.4. The Bertz CT molecular complexity index is 4420. The van der Waals surface area contributed by atoms with Gasteiger partial charge in [-0.1, -0.05) is 78.9 Å². The van der Waals surface area contributed by atoms with Gasteiger partial charge >= 0.3 is 6.18 Å². The van der Waals surface area contributed by atoms with Gasteiger partial charge in [0.05, 0.1) is 97.2 Å². The molecule has 2 heterocycles. The smallest absolute Gasteiger partial charge is 0.309 e. The normalized spacial score (nSPS) is 11.3. The summed E-state index contributed by atoms with van der Waals surface area (Å²) in [6.07, 6.45) is -4.73. The van der Waals surface area contributed by atoms with Crippen LogP contribution in [0.5, 0.6) is 0 Å². The van der Waals surface area contributed by atoms with Crippen molar-refractivity contribution in [3.05, 3.63) is 240 Å². The number of hydrogen-bond donors (Lipinski definition) is 0. The zero-order valence-electron chi connectivity index (χ0n) is 39.9. The second-order valence-corrected chi connectivity index (χ2v) is 18.4. The standard InChI is InChI=1S/C66H34F3N7/c67-66(68,69)53-18-24-64(75-60-20-14-49(45-9-1-5-40(25-45)35-70)30-55(60)56-31-50(15-21-61(56)75)46-10-2-6-41(26-46)36-71)59(34-53)54-19-13-44(39-74)29-65(54)76-62-22-16-51(47-11-3-7-42(27-47)37-72)32-57(62)58-33-52(17-23-63(58)76)48-12-4-8-43(28-48)38-73/h1-34H. The van der Waals surface area contributed by atoms with E-state index in [0.29, 0.717) is 61.3 Å². The van der Waals surface area contributed by atoms with Crippen molar-refractivity contribution in [3.63, 3.8) is 0 Å². The van der Waals surface area contributed by atoms with Gasteiger partial charge in [-0.05, 0) is 172 Å². The molecular formula is C66H34F3N7. The largest absolute Gasteiger partial charge is 0.416 e. The van der Waals surface area contributed by atoms with Crippen LogP contribution in [0, 0.1) is 56.7 Å². The van der Waals surface area contributed by atoms with E-state index in [4.69, 9.17) is 0 Å². The molecule has 0 fully saturated rings. The van der Waals surface area contributed by atoms with Crippen LogP contribution in [-0.2, 0) is 6.18 Å². The Labute approximate surface area is 433 Å². The molecule has 0 saturated heterocycles. The maximum atomic E-state index is 15.2. The lowest BCUT2D eigenvalue weighted by molar-refractivity contribution is -0.137. The molecule has 0 aliphatic heterocycles. The highest BCUT2D eigenvalue weighted by Gasteiger charge is 2.32. The number of hydrogen-bond acceptors (Lipinski definition) is 5. The third-order valence-corrected chi connectivity index (χ3v) is 14.1. The van der Waals surface area contributed by atoms with Crippen LogP contribution in [0.1, 0.15) is 33.4 Å². The van der Waals surface area contributed by atoms with Crippen LogP contribution in [0.25, 0.3) is 111 Å². The first-order chi connectivity index (χ1) is 37.0. The van der Waals surface area contributed by atoms with Crippen LogP contribution in [0.4, 0.5) is 13.2 Å². The Hall–Kier alpha value is -11.0. The molecule has 0 spiro atoms. The lowest BCUT2D eigenvalue weighted by atomic mass is 9.96. The van der Waals surface area contributed by atoms with E-state index in [1.807, 2.05) is 155 Å². The van der Waals surface area contributed by atoms with Gasteiger partial charge in [0.15, 0.2) is 0 Å². The molecule has 0 aliphatic carbocycles. The number of halogens is 3. The van der Waals surface area contributed by atoms with E-state index in [2.05, 4.69) is 30.3 Å². The summed E-state index contributed by atoms with van der Waals surface area (Å²) in [6, 6.07) is 72.9.